The molecule has 0 bridgehead atoms. The quantitative estimate of drug-likeness (QED) is 0.796. The van der Waals surface area contributed by atoms with E-state index >= 15 is 0 Å². The van der Waals surface area contributed by atoms with Crippen molar-refractivity contribution < 1.29 is 4.74 Å². The largest absolute Gasteiger partial charge is 0.488 e. The Morgan fingerprint density at radius 1 is 1.41 bits per heavy atom. The summed E-state index contributed by atoms with van der Waals surface area (Å²) in [6.45, 7) is 9.18. The van der Waals surface area contributed by atoms with Crippen LogP contribution in [0.1, 0.15) is 31.9 Å². The van der Waals surface area contributed by atoms with Gasteiger partial charge in [-0.2, -0.15) is 0 Å². The maximum Gasteiger partial charge on any atom is 0.124 e. The third-order valence-corrected chi connectivity index (χ3v) is 2.65. The molecule has 0 fully saturated rings. The Hall–Kier alpha value is -0.990. The number of benzene rings is 1. The van der Waals surface area contributed by atoms with E-state index in [2.05, 4.69) is 31.8 Å². The molecule has 0 aliphatic rings. The van der Waals surface area contributed by atoms with Crippen molar-refractivity contribution in [2.45, 2.75) is 26.3 Å². The molecule has 1 aromatic rings. The fraction of sp³-hybridized carbons (Fsp3) is 0.429. The zero-order chi connectivity index (χ0) is 12.7. The first kappa shape index (κ1) is 14.1. The predicted octanol–water partition coefficient (Wildman–Crippen LogP) is 3.88. The number of para-hydroxylation sites is 1. The zero-order valence-electron chi connectivity index (χ0n) is 10.5. The lowest BCUT2D eigenvalue weighted by molar-refractivity contribution is 0.348. The van der Waals surface area contributed by atoms with Crippen LogP contribution in [0.25, 0.3) is 0 Å². The molecule has 0 saturated carbocycles. The molecule has 0 aliphatic carbocycles. The van der Waals surface area contributed by atoms with Crippen molar-refractivity contribution in [3.05, 3.63) is 41.4 Å². The van der Waals surface area contributed by atoms with Gasteiger partial charge in [-0.1, -0.05) is 50.2 Å². The Morgan fingerprint density at radius 3 is 2.71 bits per heavy atom. The highest BCUT2D eigenvalue weighted by atomic mass is 35.5. The van der Waals surface area contributed by atoms with Crippen LogP contribution >= 0.6 is 11.6 Å². The molecular formula is C14H20ClNO. The highest BCUT2D eigenvalue weighted by Crippen LogP contribution is 2.27. The minimum absolute atomic E-state index is 0.319. The average Bonchev–Trinajstić information content (AvgIpc) is 2.34. The summed E-state index contributed by atoms with van der Waals surface area (Å²) in [5.41, 5.74) is 1.18. The summed E-state index contributed by atoms with van der Waals surface area (Å²) in [5, 5.41) is 3.95. The van der Waals surface area contributed by atoms with Crippen LogP contribution in [-0.4, -0.2) is 13.2 Å². The van der Waals surface area contributed by atoms with Gasteiger partial charge in [0, 0.05) is 16.6 Å². The van der Waals surface area contributed by atoms with E-state index in [4.69, 9.17) is 16.3 Å². The second kappa shape index (κ2) is 7.36. The summed E-state index contributed by atoms with van der Waals surface area (Å²) in [7, 11) is 0. The van der Waals surface area contributed by atoms with Gasteiger partial charge in [0.15, 0.2) is 0 Å². The fourth-order valence-corrected chi connectivity index (χ4v) is 1.83. The van der Waals surface area contributed by atoms with E-state index in [-0.39, 0.29) is 0 Å². The summed E-state index contributed by atoms with van der Waals surface area (Å²) in [6.07, 6.45) is 1.02. The van der Waals surface area contributed by atoms with Gasteiger partial charge in [0.25, 0.3) is 0 Å². The molecule has 0 heterocycles. The van der Waals surface area contributed by atoms with Crippen LogP contribution in [0.3, 0.4) is 0 Å². The van der Waals surface area contributed by atoms with Gasteiger partial charge in [0.1, 0.15) is 12.4 Å². The van der Waals surface area contributed by atoms with Crippen LogP contribution in [0.15, 0.2) is 35.9 Å². The lowest BCUT2D eigenvalue weighted by Gasteiger charge is -2.19. The van der Waals surface area contributed by atoms with Gasteiger partial charge in [0.2, 0.25) is 0 Å². The fourth-order valence-electron chi connectivity index (χ4n) is 1.78. The monoisotopic (exact) mass is 253 g/mol. The van der Waals surface area contributed by atoms with E-state index in [1.165, 1.54) is 5.56 Å². The minimum atomic E-state index is 0.319. The number of hydrogen-bond acceptors (Lipinski definition) is 2. The maximum absolute atomic E-state index is 5.72. The Kier molecular flexibility index (Phi) is 6.09. The van der Waals surface area contributed by atoms with Crippen molar-refractivity contribution >= 4 is 11.6 Å². The molecule has 0 aliphatic heterocycles. The van der Waals surface area contributed by atoms with E-state index in [0.717, 1.165) is 18.7 Å². The Morgan fingerprint density at radius 2 is 2.12 bits per heavy atom. The minimum Gasteiger partial charge on any atom is -0.488 e. The molecular weight excluding hydrogens is 234 g/mol. The summed E-state index contributed by atoms with van der Waals surface area (Å²) < 4.78 is 5.66. The van der Waals surface area contributed by atoms with Gasteiger partial charge in [-0.15, -0.1) is 0 Å². The highest BCUT2D eigenvalue weighted by Gasteiger charge is 2.12. The molecule has 0 spiro atoms. The summed E-state index contributed by atoms with van der Waals surface area (Å²) >= 11 is 5.72. The first-order valence-corrected chi connectivity index (χ1v) is 6.35. The average molecular weight is 254 g/mol. The van der Waals surface area contributed by atoms with Crippen LogP contribution < -0.4 is 10.1 Å². The van der Waals surface area contributed by atoms with Gasteiger partial charge in [-0.05, 0) is 19.0 Å². The maximum atomic E-state index is 5.72. The van der Waals surface area contributed by atoms with E-state index < -0.39 is 0 Å². The number of halogens is 1. The van der Waals surface area contributed by atoms with Gasteiger partial charge >= 0.3 is 0 Å². The van der Waals surface area contributed by atoms with Gasteiger partial charge < -0.3 is 10.1 Å². The summed E-state index contributed by atoms with van der Waals surface area (Å²) in [4.78, 5) is 0. The highest BCUT2D eigenvalue weighted by molar-refractivity contribution is 6.29. The standard InChI is InChI=1S/C14H20ClNO/c1-4-13(16-5-2)12-8-6-7-9-14(12)17-10-11(3)15/h6-9,13,16H,3-5,10H2,1-2H3. The van der Waals surface area contributed by atoms with Crippen molar-refractivity contribution in [2.75, 3.05) is 13.2 Å². The zero-order valence-corrected chi connectivity index (χ0v) is 11.3. The summed E-state index contributed by atoms with van der Waals surface area (Å²) in [5.74, 6) is 0.877. The van der Waals surface area contributed by atoms with Gasteiger partial charge in [0.05, 0.1) is 0 Å². The number of nitrogens with one attached hydrogen (secondary N) is 1. The third kappa shape index (κ3) is 4.41. The van der Waals surface area contributed by atoms with Crippen LogP contribution in [-0.2, 0) is 0 Å². The van der Waals surface area contributed by atoms with Gasteiger partial charge in [-0.25, -0.2) is 0 Å². The number of rotatable bonds is 7. The molecule has 0 radical (unpaired) electrons. The molecule has 0 amide bonds. The first-order valence-electron chi connectivity index (χ1n) is 5.97. The van der Waals surface area contributed by atoms with Crippen molar-refractivity contribution in [1.29, 1.82) is 0 Å². The van der Waals surface area contributed by atoms with Crippen molar-refractivity contribution in [1.82, 2.24) is 5.32 Å². The Bertz CT molecular complexity index is 365. The second-order valence-electron chi connectivity index (χ2n) is 3.86. The lowest BCUT2D eigenvalue weighted by atomic mass is 10.0. The van der Waals surface area contributed by atoms with E-state index in [1.54, 1.807) is 0 Å². The number of ether oxygens (including phenoxy) is 1. The van der Waals surface area contributed by atoms with Crippen molar-refractivity contribution in [2.24, 2.45) is 0 Å². The summed E-state index contributed by atoms with van der Waals surface area (Å²) in [6, 6.07) is 8.37. The molecule has 17 heavy (non-hydrogen) atoms. The van der Waals surface area contributed by atoms with Gasteiger partial charge in [-0.3, -0.25) is 0 Å². The predicted molar refractivity (Wildman–Crippen MR) is 73.6 cm³/mol. The van der Waals surface area contributed by atoms with Crippen LogP contribution in [0.5, 0.6) is 5.75 Å². The molecule has 1 unspecified atom stereocenters. The van der Waals surface area contributed by atoms with Crippen LogP contribution in [0.4, 0.5) is 0 Å². The smallest absolute Gasteiger partial charge is 0.124 e. The Labute approximate surface area is 109 Å². The molecule has 3 heteroatoms. The topological polar surface area (TPSA) is 21.3 Å². The molecule has 94 valence electrons. The van der Waals surface area contributed by atoms with Crippen LogP contribution in [0, 0.1) is 0 Å². The van der Waals surface area contributed by atoms with Crippen molar-refractivity contribution in [3.63, 3.8) is 0 Å². The molecule has 1 atom stereocenters. The SMILES string of the molecule is C=C(Cl)COc1ccccc1C(CC)NCC. The molecule has 0 saturated heterocycles. The van der Waals surface area contributed by atoms with E-state index in [1.807, 2.05) is 18.2 Å². The lowest BCUT2D eigenvalue weighted by Crippen LogP contribution is -2.20. The van der Waals surface area contributed by atoms with Crippen LogP contribution in [0.2, 0.25) is 0 Å². The first-order chi connectivity index (χ1) is 8.19. The third-order valence-electron chi connectivity index (χ3n) is 2.54. The van der Waals surface area contributed by atoms with E-state index in [9.17, 15) is 0 Å². The molecule has 1 rings (SSSR count). The molecule has 1 N–H and O–H groups in total. The van der Waals surface area contributed by atoms with E-state index in [0.29, 0.717) is 17.7 Å². The molecule has 1 aromatic carbocycles. The molecule has 0 aromatic heterocycles. The van der Waals surface area contributed by atoms with Crippen molar-refractivity contribution in [3.8, 4) is 5.75 Å². The Balaban J connectivity index is 2.85. The second-order valence-corrected chi connectivity index (χ2v) is 4.40. The molecule has 2 nitrogen and oxygen atoms in total. The normalized spacial score (nSPS) is 12.2. The number of hydrogen-bond donors (Lipinski definition) is 1.